The summed E-state index contributed by atoms with van der Waals surface area (Å²) in [6.45, 7) is 0. The van der Waals surface area contributed by atoms with E-state index in [0.29, 0.717) is 38.3 Å². The average molecular weight is 490 g/mol. The van der Waals surface area contributed by atoms with Crippen molar-refractivity contribution >= 4 is 39.1 Å². The number of rotatable bonds is 4. The van der Waals surface area contributed by atoms with E-state index in [1.165, 1.54) is 12.3 Å². The number of halogens is 1. The van der Waals surface area contributed by atoms with Gasteiger partial charge in [-0.2, -0.15) is 5.10 Å². The third-order valence-electron chi connectivity index (χ3n) is 6.05. The van der Waals surface area contributed by atoms with Gasteiger partial charge in [-0.15, -0.1) is 5.10 Å². The number of hydrogen-bond acceptors (Lipinski definition) is 6. The largest absolute Gasteiger partial charge is 0.298 e. The zero-order chi connectivity index (χ0) is 24.6. The van der Waals surface area contributed by atoms with Crippen LogP contribution in [0.4, 0.5) is 5.69 Å². The fraction of sp³-hybridized carbons (Fsp3) is 0. The Kier molecular flexibility index (Phi) is 5.32. The quantitative estimate of drug-likeness (QED) is 0.193. The van der Waals surface area contributed by atoms with Gasteiger partial charge in [-0.05, 0) is 17.2 Å². The van der Waals surface area contributed by atoms with Crippen LogP contribution in [0.2, 0.25) is 5.02 Å². The summed E-state index contributed by atoms with van der Waals surface area (Å²) in [6, 6.07) is 26.8. The minimum atomic E-state index is -0.469. The summed E-state index contributed by atoms with van der Waals surface area (Å²) in [4.78, 5) is 21.0. The van der Waals surface area contributed by atoms with Crippen LogP contribution >= 0.6 is 11.6 Å². The highest BCUT2D eigenvalue weighted by atomic mass is 35.5. The van der Waals surface area contributed by atoms with Crippen molar-refractivity contribution in [3.63, 3.8) is 0 Å². The molecule has 0 aliphatic rings. The van der Waals surface area contributed by atoms with Crippen molar-refractivity contribution in [2.45, 2.75) is 0 Å². The van der Waals surface area contributed by atoms with E-state index in [-0.39, 0.29) is 11.2 Å². The van der Waals surface area contributed by atoms with Gasteiger partial charge in [0.2, 0.25) is 0 Å². The lowest BCUT2D eigenvalue weighted by Gasteiger charge is -2.07. The van der Waals surface area contributed by atoms with E-state index >= 15 is 0 Å². The van der Waals surface area contributed by atoms with Gasteiger partial charge < -0.3 is 0 Å². The van der Waals surface area contributed by atoms with Crippen LogP contribution in [-0.4, -0.2) is 25.1 Å². The van der Waals surface area contributed by atoms with E-state index in [2.05, 4.69) is 22.3 Å². The number of nitro groups is 1. The molecule has 0 radical (unpaired) electrons. The van der Waals surface area contributed by atoms with Crippen LogP contribution in [0, 0.1) is 10.1 Å². The molecule has 2 aromatic heterocycles. The molecule has 6 aromatic rings. The van der Waals surface area contributed by atoms with Crippen LogP contribution in [0.1, 0.15) is 0 Å². The second kappa shape index (κ2) is 8.79. The van der Waals surface area contributed by atoms with Crippen LogP contribution in [0.5, 0.6) is 0 Å². The second-order valence-corrected chi connectivity index (χ2v) is 8.59. The van der Waals surface area contributed by atoms with Gasteiger partial charge >= 0.3 is 0 Å². The first-order valence-corrected chi connectivity index (χ1v) is 11.5. The summed E-state index contributed by atoms with van der Waals surface area (Å²) < 4.78 is 0. The molecule has 4 aromatic carbocycles. The van der Waals surface area contributed by atoms with E-state index in [0.717, 1.165) is 16.7 Å². The Labute approximate surface area is 210 Å². The normalized spacial score (nSPS) is 11.1. The maximum atomic E-state index is 11.9. The number of fused-ring (bicyclic) bond motifs is 3. The Morgan fingerprint density at radius 2 is 1.44 bits per heavy atom. The van der Waals surface area contributed by atoms with Crippen LogP contribution in [0.3, 0.4) is 0 Å². The number of benzene rings is 4. The Balaban J connectivity index is 1.64. The summed E-state index contributed by atoms with van der Waals surface area (Å²) in [6.07, 6.45) is 3.15. The molecule has 2 heterocycles. The molecule has 172 valence electrons. The highest BCUT2D eigenvalue weighted by Gasteiger charge is 2.22. The monoisotopic (exact) mass is 489 g/mol. The maximum absolute atomic E-state index is 11.9. The third kappa shape index (κ3) is 3.72. The maximum Gasteiger partial charge on any atom is 0.298 e. The highest BCUT2D eigenvalue weighted by molar-refractivity contribution is 6.33. The lowest BCUT2D eigenvalue weighted by atomic mass is 10.0. The Morgan fingerprint density at radius 1 is 0.750 bits per heavy atom. The minimum absolute atomic E-state index is 0.160. The average Bonchev–Trinajstić information content (AvgIpc) is 3.32. The predicted molar refractivity (Wildman–Crippen MR) is 141 cm³/mol. The molecule has 0 amide bonds. The van der Waals surface area contributed by atoms with Gasteiger partial charge in [-0.3, -0.25) is 15.1 Å². The molecule has 0 aliphatic heterocycles. The number of nitro benzene ring substituents is 1. The highest BCUT2D eigenvalue weighted by Crippen LogP contribution is 2.38. The molecule has 0 saturated carbocycles. The van der Waals surface area contributed by atoms with Gasteiger partial charge in [-0.25, -0.2) is 4.98 Å². The first-order chi connectivity index (χ1) is 17.6. The molecule has 0 fully saturated rings. The van der Waals surface area contributed by atoms with Gasteiger partial charge in [0.15, 0.2) is 5.52 Å². The standard InChI is InChI=1S/C28H16ClN5O2/c29-23-9-5-4-8-20(23)27-21-14-25(34(35)36)28-22(15-31-33-28)26(21)30-16-24(32-27)19-12-10-18(11-13-19)17-6-2-1-3-7-17/h1-16H. The van der Waals surface area contributed by atoms with Crippen LogP contribution < -0.4 is 0 Å². The third-order valence-corrected chi connectivity index (χ3v) is 6.38. The van der Waals surface area contributed by atoms with Gasteiger partial charge in [0, 0.05) is 27.6 Å². The van der Waals surface area contributed by atoms with Crippen LogP contribution in [-0.2, 0) is 0 Å². The lowest BCUT2D eigenvalue weighted by Crippen LogP contribution is -1.92. The Bertz CT molecular complexity index is 1770. The smallest absolute Gasteiger partial charge is 0.258 e. The summed E-state index contributed by atoms with van der Waals surface area (Å²) in [5.74, 6) is 0. The molecule has 36 heavy (non-hydrogen) atoms. The second-order valence-electron chi connectivity index (χ2n) is 8.18. The molecule has 6 rings (SSSR count). The molecule has 0 spiro atoms. The summed E-state index contributed by atoms with van der Waals surface area (Å²) in [5.41, 5.74) is 5.31. The molecule has 7 nitrogen and oxygen atoms in total. The summed E-state index contributed by atoms with van der Waals surface area (Å²) in [7, 11) is 0. The number of hydrogen-bond donors (Lipinski definition) is 0. The molecule has 8 heteroatoms. The van der Waals surface area contributed by atoms with Crippen molar-refractivity contribution in [2.24, 2.45) is 0 Å². The van der Waals surface area contributed by atoms with E-state index < -0.39 is 4.92 Å². The Hall–Kier alpha value is -4.75. The van der Waals surface area contributed by atoms with Crippen LogP contribution in [0.15, 0.2) is 97.3 Å². The fourth-order valence-electron chi connectivity index (χ4n) is 4.30. The summed E-state index contributed by atoms with van der Waals surface area (Å²) >= 11 is 6.57. The first-order valence-electron chi connectivity index (χ1n) is 11.1. The van der Waals surface area contributed by atoms with Crippen molar-refractivity contribution in [3.05, 3.63) is 112 Å². The van der Waals surface area contributed by atoms with Gasteiger partial charge in [-0.1, -0.05) is 84.4 Å². The molecule has 0 N–H and O–H groups in total. The number of non-ortho nitro benzene ring substituents is 1. The van der Waals surface area contributed by atoms with E-state index in [1.54, 1.807) is 12.3 Å². The molecular formula is C28H16ClN5O2. The first kappa shape index (κ1) is 21.8. The van der Waals surface area contributed by atoms with Gasteiger partial charge in [0.25, 0.3) is 5.69 Å². The molecule has 0 atom stereocenters. The SMILES string of the molecule is O=[N+]([O-])c1cc2c(-c3ccccc3Cl)nc(-c3ccc(-c4ccccc4)cc3)cnc2c2cnnc12. The zero-order valence-corrected chi connectivity index (χ0v) is 19.4. The number of aromatic nitrogens is 4. The van der Waals surface area contributed by atoms with E-state index in [9.17, 15) is 10.1 Å². The zero-order valence-electron chi connectivity index (χ0n) is 18.7. The van der Waals surface area contributed by atoms with Crippen molar-refractivity contribution in [3.8, 4) is 33.6 Å². The molecule has 0 aliphatic carbocycles. The molecule has 0 saturated heterocycles. The Morgan fingerprint density at radius 3 is 2.19 bits per heavy atom. The fourth-order valence-corrected chi connectivity index (χ4v) is 4.52. The van der Waals surface area contributed by atoms with E-state index in [1.807, 2.05) is 60.7 Å². The molecule has 0 bridgehead atoms. The molecule has 0 unspecified atom stereocenters. The van der Waals surface area contributed by atoms with E-state index in [4.69, 9.17) is 21.6 Å². The van der Waals surface area contributed by atoms with Crippen molar-refractivity contribution in [1.82, 2.24) is 20.2 Å². The summed E-state index contributed by atoms with van der Waals surface area (Å²) in [5, 5.41) is 21.2. The number of nitrogens with zero attached hydrogens (tertiary/aromatic N) is 5. The minimum Gasteiger partial charge on any atom is -0.258 e. The van der Waals surface area contributed by atoms with Crippen LogP contribution in [0.25, 0.3) is 55.4 Å². The predicted octanol–water partition coefficient (Wildman–Crippen LogP) is 7.14. The van der Waals surface area contributed by atoms with Crippen molar-refractivity contribution in [1.29, 1.82) is 0 Å². The topological polar surface area (TPSA) is 94.7 Å². The van der Waals surface area contributed by atoms with Gasteiger partial charge in [0.05, 0.1) is 39.6 Å². The van der Waals surface area contributed by atoms with Crippen molar-refractivity contribution < 1.29 is 4.92 Å². The van der Waals surface area contributed by atoms with Gasteiger partial charge in [0.1, 0.15) is 0 Å². The van der Waals surface area contributed by atoms with Crippen molar-refractivity contribution in [2.75, 3.05) is 0 Å². The molecular weight excluding hydrogens is 474 g/mol. The lowest BCUT2D eigenvalue weighted by molar-refractivity contribution is -0.383.